The van der Waals surface area contributed by atoms with Crippen molar-refractivity contribution in [2.45, 2.75) is 51.5 Å². The maximum atomic E-state index is 12.6. The van der Waals surface area contributed by atoms with Crippen LogP contribution in [0.25, 0.3) is 0 Å². The van der Waals surface area contributed by atoms with Gasteiger partial charge in [-0.3, -0.25) is 14.4 Å². The number of carboxylic acid groups (broad SMARTS) is 1. The summed E-state index contributed by atoms with van der Waals surface area (Å²) in [6.45, 7) is 3.24. The SMILES string of the molecule is Cc1ccc(C(=O)N2CCC(NC(=O)C3CCCC(C(=O)O)C3)CC2)cc1. The molecule has 1 aliphatic heterocycles. The summed E-state index contributed by atoms with van der Waals surface area (Å²) in [5.74, 6) is -1.38. The molecule has 1 aromatic rings. The third-order valence-electron chi connectivity index (χ3n) is 5.82. The Morgan fingerprint density at radius 3 is 2.26 bits per heavy atom. The molecule has 1 aliphatic carbocycles. The monoisotopic (exact) mass is 372 g/mol. The molecule has 146 valence electrons. The number of carbonyl (C=O) groups is 3. The second kappa shape index (κ2) is 8.55. The van der Waals surface area contributed by atoms with Gasteiger partial charge in [0.05, 0.1) is 5.92 Å². The number of benzene rings is 1. The van der Waals surface area contributed by atoms with Crippen LogP contribution in [0.1, 0.15) is 54.4 Å². The van der Waals surface area contributed by atoms with Crippen molar-refractivity contribution < 1.29 is 19.5 Å². The van der Waals surface area contributed by atoms with E-state index < -0.39 is 11.9 Å². The van der Waals surface area contributed by atoms with Gasteiger partial charge in [0.25, 0.3) is 5.91 Å². The predicted molar refractivity (Wildman–Crippen MR) is 101 cm³/mol. The van der Waals surface area contributed by atoms with Gasteiger partial charge in [-0.1, -0.05) is 24.1 Å². The fourth-order valence-electron chi connectivity index (χ4n) is 4.08. The first kappa shape index (κ1) is 19.4. The van der Waals surface area contributed by atoms with Gasteiger partial charge >= 0.3 is 5.97 Å². The molecule has 27 heavy (non-hydrogen) atoms. The molecule has 1 heterocycles. The number of amides is 2. The van der Waals surface area contributed by atoms with E-state index in [0.717, 1.165) is 31.2 Å². The smallest absolute Gasteiger partial charge is 0.306 e. The molecule has 3 rings (SSSR count). The molecule has 2 aliphatic rings. The lowest BCUT2D eigenvalue weighted by Crippen LogP contribution is -2.48. The van der Waals surface area contributed by atoms with Gasteiger partial charge in [0.15, 0.2) is 0 Å². The van der Waals surface area contributed by atoms with Gasteiger partial charge in [-0.25, -0.2) is 0 Å². The molecule has 2 fully saturated rings. The summed E-state index contributed by atoms with van der Waals surface area (Å²) in [6.07, 6.45) is 4.13. The Labute approximate surface area is 159 Å². The number of likely N-dealkylation sites (tertiary alicyclic amines) is 1. The zero-order valence-corrected chi connectivity index (χ0v) is 15.8. The van der Waals surface area contributed by atoms with Crippen LogP contribution in [0.3, 0.4) is 0 Å². The molecule has 2 atom stereocenters. The summed E-state index contributed by atoms with van der Waals surface area (Å²) in [5, 5.41) is 12.3. The minimum absolute atomic E-state index is 0.0238. The van der Waals surface area contributed by atoms with E-state index in [1.165, 1.54) is 0 Å². The van der Waals surface area contributed by atoms with Crippen molar-refractivity contribution in [3.05, 3.63) is 35.4 Å². The Balaban J connectivity index is 1.47. The van der Waals surface area contributed by atoms with E-state index in [0.29, 0.717) is 31.5 Å². The third-order valence-corrected chi connectivity index (χ3v) is 5.82. The first-order chi connectivity index (χ1) is 12.9. The average molecular weight is 372 g/mol. The molecule has 1 aromatic carbocycles. The maximum Gasteiger partial charge on any atom is 0.306 e. The maximum absolute atomic E-state index is 12.6. The second-order valence-corrected chi connectivity index (χ2v) is 7.84. The Kier molecular flexibility index (Phi) is 6.14. The molecule has 1 saturated carbocycles. The minimum atomic E-state index is -0.796. The van der Waals surface area contributed by atoms with Crippen molar-refractivity contribution in [2.24, 2.45) is 11.8 Å². The largest absolute Gasteiger partial charge is 0.481 e. The first-order valence-corrected chi connectivity index (χ1v) is 9.83. The van der Waals surface area contributed by atoms with Gasteiger partial charge in [0.2, 0.25) is 5.91 Å². The third kappa shape index (κ3) is 4.87. The highest BCUT2D eigenvalue weighted by Crippen LogP contribution is 2.29. The van der Waals surface area contributed by atoms with Crippen LogP contribution >= 0.6 is 0 Å². The topological polar surface area (TPSA) is 86.7 Å². The summed E-state index contributed by atoms with van der Waals surface area (Å²) in [6, 6.07) is 7.65. The Morgan fingerprint density at radius 1 is 1.00 bits per heavy atom. The average Bonchev–Trinajstić information content (AvgIpc) is 2.68. The number of piperidine rings is 1. The van der Waals surface area contributed by atoms with E-state index in [4.69, 9.17) is 0 Å². The molecular weight excluding hydrogens is 344 g/mol. The molecule has 2 N–H and O–H groups in total. The molecule has 2 unspecified atom stereocenters. The van der Waals surface area contributed by atoms with E-state index in [1.807, 2.05) is 36.1 Å². The zero-order valence-electron chi connectivity index (χ0n) is 15.8. The van der Waals surface area contributed by atoms with Gasteiger partial charge in [-0.05, 0) is 51.2 Å². The number of hydrogen-bond donors (Lipinski definition) is 2. The highest BCUT2D eigenvalue weighted by molar-refractivity contribution is 5.94. The molecule has 0 radical (unpaired) electrons. The Hall–Kier alpha value is -2.37. The summed E-state index contributed by atoms with van der Waals surface area (Å²) >= 11 is 0. The summed E-state index contributed by atoms with van der Waals surface area (Å²) < 4.78 is 0. The molecule has 6 heteroatoms. The zero-order chi connectivity index (χ0) is 19.4. The van der Waals surface area contributed by atoms with Crippen LogP contribution in [0.5, 0.6) is 0 Å². The van der Waals surface area contributed by atoms with Crippen molar-refractivity contribution in [1.82, 2.24) is 10.2 Å². The Bertz CT molecular complexity index is 693. The quantitative estimate of drug-likeness (QED) is 0.851. The molecular formula is C21H28N2O4. The van der Waals surface area contributed by atoms with Crippen molar-refractivity contribution >= 4 is 17.8 Å². The summed E-state index contributed by atoms with van der Waals surface area (Å²) in [5.41, 5.74) is 1.82. The van der Waals surface area contributed by atoms with E-state index >= 15 is 0 Å². The fourth-order valence-corrected chi connectivity index (χ4v) is 4.08. The van der Waals surface area contributed by atoms with Gasteiger partial charge in [0, 0.05) is 30.6 Å². The van der Waals surface area contributed by atoms with E-state index in [-0.39, 0.29) is 23.8 Å². The van der Waals surface area contributed by atoms with E-state index in [1.54, 1.807) is 0 Å². The number of aryl methyl sites for hydroxylation is 1. The first-order valence-electron chi connectivity index (χ1n) is 9.83. The van der Waals surface area contributed by atoms with Gasteiger partial charge in [-0.2, -0.15) is 0 Å². The number of nitrogens with zero attached hydrogens (tertiary/aromatic N) is 1. The number of aliphatic carboxylic acids is 1. The Morgan fingerprint density at radius 2 is 1.63 bits per heavy atom. The van der Waals surface area contributed by atoms with Crippen molar-refractivity contribution in [2.75, 3.05) is 13.1 Å². The normalized spacial score (nSPS) is 23.7. The molecule has 6 nitrogen and oxygen atoms in total. The molecule has 1 saturated heterocycles. The van der Waals surface area contributed by atoms with Crippen molar-refractivity contribution in [3.8, 4) is 0 Å². The number of carbonyl (C=O) groups excluding carboxylic acids is 2. The molecule has 2 amide bonds. The highest BCUT2D eigenvalue weighted by Gasteiger charge is 2.32. The molecule has 0 aromatic heterocycles. The summed E-state index contributed by atoms with van der Waals surface area (Å²) in [7, 11) is 0. The van der Waals surface area contributed by atoms with E-state index in [2.05, 4.69) is 5.32 Å². The lowest BCUT2D eigenvalue weighted by atomic mass is 9.81. The van der Waals surface area contributed by atoms with Crippen molar-refractivity contribution in [3.63, 3.8) is 0 Å². The molecule has 0 spiro atoms. The fraction of sp³-hybridized carbons (Fsp3) is 0.571. The lowest BCUT2D eigenvalue weighted by Gasteiger charge is -2.34. The van der Waals surface area contributed by atoms with Gasteiger partial charge in [-0.15, -0.1) is 0 Å². The van der Waals surface area contributed by atoms with Crippen LogP contribution in [-0.2, 0) is 9.59 Å². The standard InChI is InChI=1S/C21H28N2O4/c1-14-5-7-15(8-6-14)20(25)23-11-9-18(10-12-23)22-19(24)16-3-2-4-17(13-16)21(26)27/h5-8,16-18H,2-4,9-13H2,1H3,(H,22,24)(H,26,27). The van der Waals surface area contributed by atoms with E-state index in [9.17, 15) is 19.5 Å². The van der Waals surface area contributed by atoms with Crippen LogP contribution < -0.4 is 5.32 Å². The number of carboxylic acids is 1. The number of nitrogens with one attached hydrogen (secondary N) is 1. The lowest BCUT2D eigenvalue weighted by molar-refractivity contribution is -0.144. The van der Waals surface area contributed by atoms with Crippen LogP contribution in [0, 0.1) is 18.8 Å². The van der Waals surface area contributed by atoms with Crippen LogP contribution in [0.4, 0.5) is 0 Å². The van der Waals surface area contributed by atoms with Crippen molar-refractivity contribution in [1.29, 1.82) is 0 Å². The minimum Gasteiger partial charge on any atom is -0.481 e. The van der Waals surface area contributed by atoms with Crippen LogP contribution in [-0.4, -0.2) is 46.9 Å². The summed E-state index contributed by atoms with van der Waals surface area (Å²) in [4.78, 5) is 38.1. The number of hydrogen-bond acceptors (Lipinski definition) is 3. The van der Waals surface area contributed by atoms with Gasteiger partial charge in [0.1, 0.15) is 0 Å². The molecule has 0 bridgehead atoms. The second-order valence-electron chi connectivity index (χ2n) is 7.84. The number of rotatable bonds is 4. The highest BCUT2D eigenvalue weighted by atomic mass is 16.4. The van der Waals surface area contributed by atoms with Crippen LogP contribution in [0.2, 0.25) is 0 Å². The van der Waals surface area contributed by atoms with Crippen LogP contribution in [0.15, 0.2) is 24.3 Å². The predicted octanol–water partition coefficient (Wildman–Crippen LogP) is 2.61. The van der Waals surface area contributed by atoms with Gasteiger partial charge < -0.3 is 15.3 Å².